The Morgan fingerprint density at radius 3 is 2.47 bits per heavy atom. The van der Waals surface area contributed by atoms with E-state index < -0.39 is 0 Å². The normalized spacial score (nSPS) is 12.2. The number of carbonyl (C=O) groups is 1. The Morgan fingerprint density at radius 2 is 2.00 bits per heavy atom. The molecule has 0 N–H and O–H groups in total. The lowest BCUT2D eigenvalue weighted by atomic mass is 10.1. The van der Waals surface area contributed by atoms with Gasteiger partial charge in [-0.2, -0.15) is 0 Å². The van der Waals surface area contributed by atoms with Crippen LogP contribution in [-0.4, -0.2) is 17.7 Å². The summed E-state index contributed by atoms with van der Waals surface area (Å²) in [6, 6.07) is 7.24. The number of ether oxygens (including phenoxy) is 1. The minimum absolute atomic E-state index is 0.0791. The van der Waals surface area contributed by atoms with Crippen LogP contribution in [0, 0.1) is 5.92 Å². The molecule has 3 heteroatoms. The second-order valence-corrected chi connectivity index (χ2v) is 4.30. The highest BCUT2D eigenvalue weighted by molar-refractivity contribution is 9.09. The van der Waals surface area contributed by atoms with Crippen LogP contribution in [0.2, 0.25) is 0 Å². The van der Waals surface area contributed by atoms with Crippen molar-refractivity contribution in [3.63, 3.8) is 0 Å². The van der Waals surface area contributed by atoms with Gasteiger partial charge in [-0.3, -0.25) is 4.79 Å². The second kappa shape index (κ2) is 5.91. The molecule has 0 bridgehead atoms. The van der Waals surface area contributed by atoms with Crippen molar-refractivity contribution >= 4 is 21.7 Å². The number of alkyl halides is 1. The molecule has 0 aliphatic carbocycles. The number of rotatable bonds is 5. The lowest BCUT2D eigenvalue weighted by molar-refractivity contribution is 0.101. The predicted molar refractivity (Wildman–Crippen MR) is 64.9 cm³/mol. The molecule has 0 spiro atoms. The maximum Gasteiger partial charge on any atom is 0.159 e. The average Bonchev–Trinajstić information content (AvgIpc) is 2.26. The van der Waals surface area contributed by atoms with Gasteiger partial charge >= 0.3 is 0 Å². The second-order valence-electron chi connectivity index (χ2n) is 3.65. The smallest absolute Gasteiger partial charge is 0.159 e. The van der Waals surface area contributed by atoms with Gasteiger partial charge in [-0.05, 0) is 37.1 Å². The fourth-order valence-corrected chi connectivity index (χ4v) is 1.26. The quantitative estimate of drug-likeness (QED) is 0.606. The molecule has 1 unspecified atom stereocenters. The van der Waals surface area contributed by atoms with Crippen molar-refractivity contribution in [1.82, 2.24) is 0 Å². The SMILES string of the molecule is CC(=O)c1ccc(OCC(C)CBr)cc1. The molecule has 0 radical (unpaired) electrons. The molecule has 15 heavy (non-hydrogen) atoms. The van der Waals surface area contributed by atoms with E-state index >= 15 is 0 Å². The summed E-state index contributed by atoms with van der Waals surface area (Å²) >= 11 is 3.39. The number of hydrogen-bond donors (Lipinski definition) is 0. The molecule has 0 amide bonds. The van der Waals surface area contributed by atoms with Gasteiger partial charge in [0.2, 0.25) is 0 Å². The molecule has 1 aromatic carbocycles. The van der Waals surface area contributed by atoms with Crippen LogP contribution in [0.25, 0.3) is 0 Å². The summed E-state index contributed by atoms with van der Waals surface area (Å²) in [5, 5.41) is 0.929. The molecule has 0 fully saturated rings. The molecule has 0 saturated carbocycles. The van der Waals surface area contributed by atoms with Crippen LogP contribution in [-0.2, 0) is 0 Å². The fourth-order valence-electron chi connectivity index (χ4n) is 1.07. The summed E-state index contributed by atoms with van der Waals surface area (Å²) in [4.78, 5) is 11.0. The van der Waals surface area contributed by atoms with Gasteiger partial charge in [0.15, 0.2) is 5.78 Å². The van der Waals surface area contributed by atoms with Gasteiger partial charge in [0.05, 0.1) is 6.61 Å². The van der Waals surface area contributed by atoms with Crippen molar-refractivity contribution in [1.29, 1.82) is 0 Å². The van der Waals surface area contributed by atoms with Crippen molar-refractivity contribution in [3.05, 3.63) is 29.8 Å². The molecule has 0 heterocycles. The minimum atomic E-state index is 0.0791. The van der Waals surface area contributed by atoms with E-state index in [0.29, 0.717) is 12.5 Å². The van der Waals surface area contributed by atoms with Crippen molar-refractivity contribution in [2.75, 3.05) is 11.9 Å². The third kappa shape index (κ3) is 4.04. The number of carbonyl (C=O) groups excluding carboxylic acids is 1. The summed E-state index contributed by atoms with van der Waals surface area (Å²) in [5.74, 6) is 1.38. The van der Waals surface area contributed by atoms with E-state index in [0.717, 1.165) is 16.6 Å². The molecule has 0 aromatic heterocycles. The summed E-state index contributed by atoms with van der Waals surface area (Å²) in [6.07, 6.45) is 0. The summed E-state index contributed by atoms with van der Waals surface area (Å²) in [5.41, 5.74) is 0.718. The van der Waals surface area contributed by atoms with Crippen molar-refractivity contribution in [3.8, 4) is 5.75 Å². The third-order valence-corrected chi connectivity index (χ3v) is 3.16. The van der Waals surface area contributed by atoms with Crippen LogP contribution in [0.4, 0.5) is 0 Å². The first-order valence-corrected chi connectivity index (χ1v) is 6.05. The van der Waals surface area contributed by atoms with Crippen molar-refractivity contribution < 1.29 is 9.53 Å². The lowest BCUT2D eigenvalue weighted by Gasteiger charge is -2.10. The van der Waals surface area contributed by atoms with Crippen molar-refractivity contribution in [2.45, 2.75) is 13.8 Å². The first kappa shape index (κ1) is 12.2. The van der Waals surface area contributed by atoms with E-state index in [1.54, 1.807) is 19.1 Å². The number of benzene rings is 1. The highest BCUT2D eigenvalue weighted by Gasteiger charge is 2.02. The molecule has 1 rings (SSSR count). The van der Waals surface area contributed by atoms with Gasteiger partial charge in [0.1, 0.15) is 5.75 Å². The molecule has 2 nitrogen and oxygen atoms in total. The maximum atomic E-state index is 11.0. The molecular weight excluding hydrogens is 256 g/mol. The van der Waals surface area contributed by atoms with E-state index in [9.17, 15) is 4.79 Å². The summed E-state index contributed by atoms with van der Waals surface area (Å²) < 4.78 is 5.55. The summed E-state index contributed by atoms with van der Waals surface area (Å²) in [7, 11) is 0. The zero-order valence-electron chi connectivity index (χ0n) is 9.00. The Labute approximate surface area is 98.8 Å². The van der Waals surface area contributed by atoms with Crippen molar-refractivity contribution in [2.24, 2.45) is 5.92 Å². The Bertz CT molecular complexity index is 319. The Balaban J connectivity index is 2.53. The largest absolute Gasteiger partial charge is 0.493 e. The van der Waals surface area contributed by atoms with E-state index in [1.807, 2.05) is 12.1 Å². The number of Topliss-reactive ketones (excluding diaryl/α,β-unsaturated/α-hetero) is 1. The first-order valence-electron chi connectivity index (χ1n) is 4.93. The van der Waals surface area contributed by atoms with E-state index in [4.69, 9.17) is 4.74 Å². The van der Waals surface area contributed by atoms with Crippen LogP contribution in [0.5, 0.6) is 5.75 Å². The van der Waals surface area contributed by atoms with Crippen LogP contribution in [0.15, 0.2) is 24.3 Å². The summed E-state index contributed by atoms with van der Waals surface area (Å²) in [6.45, 7) is 4.35. The van der Waals surface area contributed by atoms with Gasteiger partial charge in [-0.1, -0.05) is 22.9 Å². The van der Waals surface area contributed by atoms with Crippen LogP contribution in [0.1, 0.15) is 24.2 Å². The first-order chi connectivity index (χ1) is 7.13. The Hall–Kier alpha value is -0.830. The van der Waals surface area contributed by atoms with Crippen LogP contribution >= 0.6 is 15.9 Å². The molecule has 0 aliphatic rings. The lowest BCUT2D eigenvalue weighted by Crippen LogP contribution is -2.09. The predicted octanol–water partition coefficient (Wildman–Crippen LogP) is 3.30. The number of halogens is 1. The molecule has 1 aromatic rings. The topological polar surface area (TPSA) is 26.3 Å². The van der Waals surface area contributed by atoms with Crippen LogP contribution < -0.4 is 4.74 Å². The highest BCUT2D eigenvalue weighted by atomic mass is 79.9. The third-order valence-electron chi connectivity index (χ3n) is 2.06. The molecule has 1 atom stereocenters. The van der Waals surface area contributed by atoms with Gasteiger partial charge in [0, 0.05) is 10.9 Å². The van der Waals surface area contributed by atoms with E-state index in [-0.39, 0.29) is 5.78 Å². The van der Waals surface area contributed by atoms with Gasteiger partial charge < -0.3 is 4.74 Å². The molecule has 0 aliphatic heterocycles. The fraction of sp³-hybridized carbons (Fsp3) is 0.417. The number of ketones is 1. The molecule has 82 valence electrons. The Morgan fingerprint density at radius 1 is 1.40 bits per heavy atom. The van der Waals surface area contributed by atoms with E-state index in [1.165, 1.54) is 0 Å². The van der Waals surface area contributed by atoms with Crippen LogP contribution in [0.3, 0.4) is 0 Å². The number of hydrogen-bond acceptors (Lipinski definition) is 2. The van der Waals surface area contributed by atoms with E-state index in [2.05, 4.69) is 22.9 Å². The molecule has 0 saturated heterocycles. The standard InChI is InChI=1S/C12H15BrO2/c1-9(7-13)8-15-12-5-3-11(4-6-12)10(2)14/h3-6,9H,7-8H2,1-2H3. The molecular formula is C12H15BrO2. The maximum absolute atomic E-state index is 11.0. The monoisotopic (exact) mass is 270 g/mol. The zero-order chi connectivity index (χ0) is 11.3. The van der Waals surface area contributed by atoms with Gasteiger partial charge in [-0.25, -0.2) is 0 Å². The minimum Gasteiger partial charge on any atom is -0.493 e. The Kier molecular flexibility index (Phi) is 4.82. The zero-order valence-corrected chi connectivity index (χ0v) is 10.6. The average molecular weight is 271 g/mol. The highest BCUT2D eigenvalue weighted by Crippen LogP contribution is 2.14. The van der Waals surface area contributed by atoms with Gasteiger partial charge in [0.25, 0.3) is 0 Å². The van der Waals surface area contributed by atoms with Gasteiger partial charge in [-0.15, -0.1) is 0 Å².